The summed E-state index contributed by atoms with van der Waals surface area (Å²) in [5.74, 6) is 0.171. The van der Waals surface area contributed by atoms with Gasteiger partial charge in [-0.25, -0.2) is 0 Å². The molecule has 0 fully saturated rings. The summed E-state index contributed by atoms with van der Waals surface area (Å²) in [6, 6.07) is 21.2. The first-order valence-electron chi connectivity index (χ1n) is 8.24. The van der Waals surface area contributed by atoms with Gasteiger partial charge in [-0.2, -0.15) is 0 Å². The summed E-state index contributed by atoms with van der Waals surface area (Å²) in [6.07, 6.45) is 0. The summed E-state index contributed by atoms with van der Waals surface area (Å²) in [4.78, 5) is 0. The summed E-state index contributed by atoms with van der Waals surface area (Å²) in [7, 11) is 0. The third-order valence-electron chi connectivity index (χ3n) is 4.76. The SMILES string of the molecule is Cc1ccc(C(c2ccc(N)cc2)c2ccc(N)c(C)c2)cc1C. The van der Waals surface area contributed by atoms with Gasteiger partial charge in [0, 0.05) is 17.3 Å². The largest absolute Gasteiger partial charge is 0.399 e. The Morgan fingerprint density at radius 1 is 0.583 bits per heavy atom. The minimum atomic E-state index is 0.171. The van der Waals surface area contributed by atoms with Gasteiger partial charge in [0.1, 0.15) is 0 Å². The molecule has 0 saturated heterocycles. The molecule has 3 rings (SSSR count). The van der Waals surface area contributed by atoms with E-state index in [1.165, 1.54) is 27.8 Å². The third kappa shape index (κ3) is 3.13. The van der Waals surface area contributed by atoms with E-state index in [0.717, 1.165) is 16.9 Å². The molecule has 0 spiro atoms. The Balaban J connectivity index is 2.17. The van der Waals surface area contributed by atoms with Gasteiger partial charge in [-0.3, -0.25) is 0 Å². The van der Waals surface area contributed by atoms with Gasteiger partial charge in [0.15, 0.2) is 0 Å². The van der Waals surface area contributed by atoms with Crippen molar-refractivity contribution < 1.29 is 0 Å². The molecule has 1 unspecified atom stereocenters. The molecular formula is C22H24N2. The molecule has 0 aliphatic heterocycles. The molecule has 24 heavy (non-hydrogen) atoms. The lowest BCUT2D eigenvalue weighted by Gasteiger charge is -2.21. The Labute approximate surface area is 144 Å². The number of nitrogen functional groups attached to an aromatic ring is 2. The molecule has 122 valence electrons. The maximum atomic E-state index is 6.01. The predicted molar refractivity (Wildman–Crippen MR) is 103 cm³/mol. The van der Waals surface area contributed by atoms with Gasteiger partial charge in [0.2, 0.25) is 0 Å². The fourth-order valence-electron chi connectivity index (χ4n) is 3.09. The van der Waals surface area contributed by atoms with Gasteiger partial charge in [-0.05, 0) is 72.4 Å². The fourth-order valence-corrected chi connectivity index (χ4v) is 3.09. The number of nitrogens with two attached hydrogens (primary N) is 2. The Morgan fingerprint density at radius 3 is 1.71 bits per heavy atom. The first-order chi connectivity index (χ1) is 11.5. The van der Waals surface area contributed by atoms with Crippen molar-refractivity contribution in [1.82, 2.24) is 0 Å². The van der Waals surface area contributed by atoms with Crippen LogP contribution >= 0.6 is 0 Å². The van der Waals surface area contributed by atoms with Crippen molar-refractivity contribution in [3.63, 3.8) is 0 Å². The van der Waals surface area contributed by atoms with Crippen LogP contribution in [0.15, 0.2) is 60.7 Å². The molecule has 4 N–H and O–H groups in total. The number of rotatable bonds is 3. The molecule has 0 aliphatic carbocycles. The van der Waals surface area contributed by atoms with Crippen molar-refractivity contribution in [2.24, 2.45) is 0 Å². The summed E-state index contributed by atoms with van der Waals surface area (Å²) in [5, 5.41) is 0. The topological polar surface area (TPSA) is 52.0 Å². The van der Waals surface area contributed by atoms with Crippen LogP contribution in [0.5, 0.6) is 0 Å². The zero-order valence-corrected chi connectivity index (χ0v) is 14.5. The monoisotopic (exact) mass is 316 g/mol. The van der Waals surface area contributed by atoms with E-state index in [0.29, 0.717) is 0 Å². The van der Waals surface area contributed by atoms with Crippen LogP contribution in [0.4, 0.5) is 11.4 Å². The van der Waals surface area contributed by atoms with Gasteiger partial charge in [-0.15, -0.1) is 0 Å². The minimum Gasteiger partial charge on any atom is -0.399 e. The molecule has 1 atom stereocenters. The van der Waals surface area contributed by atoms with E-state index < -0.39 is 0 Å². The number of anilines is 2. The second-order valence-electron chi connectivity index (χ2n) is 6.56. The second kappa shape index (κ2) is 6.40. The van der Waals surface area contributed by atoms with Crippen LogP contribution in [0.25, 0.3) is 0 Å². The number of hydrogen-bond donors (Lipinski definition) is 2. The van der Waals surface area contributed by atoms with Crippen molar-refractivity contribution in [3.05, 3.63) is 94.0 Å². The lowest BCUT2D eigenvalue weighted by Crippen LogP contribution is -2.05. The van der Waals surface area contributed by atoms with E-state index >= 15 is 0 Å². The van der Waals surface area contributed by atoms with Crippen LogP contribution < -0.4 is 11.5 Å². The van der Waals surface area contributed by atoms with E-state index in [1.54, 1.807) is 0 Å². The van der Waals surface area contributed by atoms with Gasteiger partial charge < -0.3 is 11.5 Å². The molecule has 0 bridgehead atoms. The second-order valence-corrected chi connectivity index (χ2v) is 6.56. The Bertz CT molecular complexity index is 812. The van der Waals surface area contributed by atoms with E-state index in [-0.39, 0.29) is 5.92 Å². The maximum absolute atomic E-state index is 6.01. The Kier molecular flexibility index (Phi) is 4.30. The molecule has 0 saturated carbocycles. The maximum Gasteiger partial charge on any atom is 0.0343 e. The summed E-state index contributed by atoms with van der Waals surface area (Å²) in [5.41, 5.74) is 21.0. The third-order valence-corrected chi connectivity index (χ3v) is 4.76. The highest BCUT2D eigenvalue weighted by Gasteiger charge is 2.18. The molecular weight excluding hydrogens is 292 g/mol. The molecule has 3 aromatic rings. The average Bonchev–Trinajstić information content (AvgIpc) is 2.56. The molecule has 2 heteroatoms. The first-order valence-corrected chi connectivity index (χ1v) is 8.24. The minimum absolute atomic E-state index is 0.171. The molecule has 0 radical (unpaired) electrons. The van der Waals surface area contributed by atoms with E-state index in [2.05, 4.69) is 63.2 Å². The Morgan fingerprint density at radius 2 is 1.12 bits per heavy atom. The molecule has 0 aromatic heterocycles. The molecule has 0 heterocycles. The summed E-state index contributed by atoms with van der Waals surface area (Å²) in [6.45, 7) is 6.36. The lowest BCUT2D eigenvalue weighted by molar-refractivity contribution is 0.970. The van der Waals surface area contributed by atoms with Gasteiger partial charge in [-0.1, -0.05) is 42.5 Å². The van der Waals surface area contributed by atoms with Crippen molar-refractivity contribution in [3.8, 4) is 0 Å². The van der Waals surface area contributed by atoms with Gasteiger partial charge >= 0.3 is 0 Å². The van der Waals surface area contributed by atoms with Crippen LogP contribution in [-0.4, -0.2) is 0 Å². The van der Waals surface area contributed by atoms with Crippen LogP contribution in [0, 0.1) is 20.8 Å². The van der Waals surface area contributed by atoms with Gasteiger partial charge in [0.25, 0.3) is 0 Å². The fraction of sp³-hybridized carbons (Fsp3) is 0.182. The highest BCUT2D eigenvalue weighted by Crippen LogP contribution is 2.34. The van der Waals surface area contributed by atoms with E-state index in [9.17, 15) is 0 Å². The summed E-state index contributed by atoms with van der Waals surface area (Å²) < 4.78 is 0. The van der Waals surface area contributed by atoms with Crippen molar-refractivity contribution in [2.45, 2.75) is 26.7 Å². The number of benzene rings is 3. The standard InChI is InChI=1S/C22H24N2/c1-14-4-5-18(12-15(14)2)22(17-6-9-20(23)10-7-17)19-8-11-21(24)16(3)13-19/h4-13,22H,23-24H2,1-3H3. The van der Waals surface area contributed by atoms with E-state index in [4.69, 9.17) is 11.5 Å². The highest BCUT2D eigenvalue weighted by molar-refractivity contribution is 5.54. The van der Waals surface area contributed by atoms with Crippen LogP contribution in [0.1, 0.15) is 39.3 Å². The average molecular weight is 316 g/mol. The summed E-state index contributed by atoms with van der Waals surface area (Å²) >= 11 is 0. The van der Waals surface area contributed by atoms with Gasteiger partial charge in [0.05, 0.1) is 0 Å². The van der Waals surface area contributed by atoms with Crippen LogP contribution in [0.2, 0.25) is 0 Å². The molecule has 0 aliphatic rings. The van der Waals surface area contributed by atoms with Crippen LogP contribution in [0.3, 0.4) is 0 Å². The van der Waals surface area contributed by atoms with Crippen LogP contribution in [-0.2, 0) is 0 Å². The number of hydrogen-bond acceptors (Lipinski definition) is 2. The quantitative estimate of drug-likeness (QED) is 0.530. The Hall–Kier alpha value is -2.74. The molecule has 0 amide bonds. The lowest BCUT2D eigenvalue weighted by atomic mass is 9.83. The van der Waals surface area contributed by atoms with Crippen molar-refractivity contribution in [1.29, 1.82) is 0 Å². The zero-order valence-electron chi connectivity index (χ0n) is 14.5. The normalized spacial score (nSPS) is 12.1. The first kappa shape index (κ1) is 16.1. The van der Waals surface area contributed by atoms with E-state index in [1.807, 2.05) is 18.2 Å². The molecule has 3 aromatic carbocycles. The zero-order chi connectivity index (χ0) is 17.3. The predicted octanol–water partition coefficient (Wildman–Crippen LogP) is 4.96. The number of aryl methyl sites for hydroxylation is 3. The highest BCUT2D eigenvalue weighted by atomic mass is 14.6. The molecule has 2 nitrogen and oxygen atoms in total. The van der Waals surface area contributed by atoms with Crippen molar-refractivity contribution in [2.75, 3.05) is 11.5 Å². The smallest absolute Gasteiger partial charge is 0.0343 e. The van der Waals surface area contributed by atoms with Crippen molar-refractivity contribution >= 4 is 11.4 Å².